The summed E-state index contributed by atoms with van der Waals surface area (Å²) in [6, 6.07) is 0. The van der Waals surface area contributed by atoms with E-state index in [1.165, 1.54) is 0 Å². The van der Waals surface area contributed by atoms with E-state index in [1.54, 1.807) is 0 Å². The molecule has 3 nitrogen and oxygen atoms in total. The van der Waals surface area contributed by atoms with Crippen LogP contribution in [0.1, 0.15) is 61.3 Å². The van der Waals surface area contributed by atoms with Crippen LogP contribution in [0.2, 0.25) is 0 Å². The van der Waals surface area contributed by atoms with Crippen LogP contribution in [-0.2, 0) is 13.6 Å². The minimum atomic E-state index is -1.25. The van der Waals surface area contributed by atoms with Gasteiger partial charge in [-0.25, -0.2) is 0 Å². The van der Waals surface area contributed by atoms with E-state index in [9.17, 15) is 0 Å². The molecule has 4 heteroatoms. The van der Waals surface area contributed by atoms with Crippen molar-refractivity contribution in [1.82, 2.24) is 0 Å². The third-order valence-corrected chi connectivity index (χ3v) is 3.18. The lowest BCUT2D eigenvalue weighted by atomic mass is 10.2. The summed E-state index contributed by atoms with van der Waals surface area (Å²) >= 11 is 0. The van der Waals surface area contributed by atoms with Gasteiger partial charge in [-0.15, -0.1) is 0 Å². The molecule has 0 unspecified atom stereocenters. The molecule has 0 fully saturated rings. The van der Waals surface area contributed by atoms with Crippen LogP contribution in [0.3, 0.4) is 0 Å². The zero-order valence-corrected chi connectivity index (χ0v) is 12.7. The van der Waals surface area contributed by atoms with E-state index in [-0.39, 0.29) is 11.2 Å². The van der Waals surface area contributed by atoms with Crippen molar-refractivity contribution in [1.29, 1.82) is 0 Å². The van der Waals surface area contributed by atoms with Gasteiger partial charge in [-0.2, -0.15) is 0 Å². The predicted molar refractivity (Wildman–Crippen MR) is 69.5 cm³/mol. The highest BCUT2D eigenvalue weighted by Crippen LogP contribution is 2.47. The Morgan fingerprint density at radius 3 is 1.62 bits per heavy atom. The second-order valence-electron chi connectivity index (χ2n) is 5.82. The Balaban J connectivity index is 4.17. The molecule has 0 aromatic heterocycles. The summed E-state index contributed by atoms with van der Waals surface area (Å²) in [7, 11) is -1.25. The molecule has 0 saturated heterocycles. The van der Waals surface area contributed by atoms with E-state index in [4.69, 9.17) is 13.6 Å². The molecule has 0 aromatic rings. The van der Waals surface area contributed by atoms with Crippen molar-refractivity contribution in [2.45, 2.75) is 72.5 Å². The standard InChI is InChI=1S/C12H27O3P/c1-8-9-10-13-16(14-11(2,3)4)15-12(5,6)7/h8-10H2,1-7H3. The summed E-state index contributed by atoms with van der Waals surface area (Å²) in [5, 5.41) is 0. The molecule has 0 aliphatic rings. The first-order valence-corrected chi connectivity index (χ1v) is 7.05. The van der Waals surface area contributed by atoms with Crippen molar-refractivity contribution in [3.8, 4) is 0 Å². The SMILES string of the molecule is CCCCOP(OC(C)(C)C)OC(C)(C)C. The molecule has 0 rings (SSSR count). The number of rotatable bonds is 6. The maximum Gasteiger partial charge on any atom is 0.333 e. The first-order valence-electron chi connectivity index (χ1n) is 5.95. The van der Waals surface area contributed by atoms with Gasteiger partial charge in [-0.3, -0.25) is 0 Å². The lowest BCUT2D eigenvalue weighted by Gasteiger charge is -2.30. The van der Waals surface area contributed by atoms with E-state index in [1.807, 2.05) is 41.5 Å². The number of unbranched alkanes of at least 4 members (excludes halogenated alkanes) is 1. The van der Waals surface area contributed by atoms with Gasteiger partial charge in [0.2, 0.25) is 0 Å². The van der Waals surface area contributed by atoms with Gasteiger partial charge in [-0.1, -0.05) is 13.3 Å². The van der Waals surface area contributed by atoms with Gasteiger partial charge in [0, 0.05) is 0 Å². The molecule has 0 amide bonds. The van der Waals surface area contributed by atoms with Gasteiger partial charge in [0.15, 0.2) is 0 Å². The quantitative estimate of drug-likeness (QED) is 0.507. The van der Waals surface area contributed by atoms with Crippen molar-refractivity contribution >= 4 is 8.60 Å². The average Bonchev–Trinajstić information content (AvgIpc) is 1.97. The average molecular weight is 250 g/mol. The zero-order chi connectivity index (χ0) is 12.8. The smallest absolute Gasteiger partial charge is 0.312 e. The largest absolute Gasteiger partial charge is 0.333 e. The van der Waals surface area contributed by atoms with Gasteiger partial charge in [0.25, 0.3) is 0 Å². The first-order chi connectivity index (χ1) is 7.14. The van der Waals surface area contributed by atoms with E-state index in [2.05, 4.69) is 6.92 Å². The van der Waals surface area contributed by atoms with Crippen molar-refractivity contribution < 1.29 is 13.6 Å². The summed E-state index contributed by atoms with van der Waals surface area (Å²) in [5.41, 5.74) is -0.466. The predicted octanol–water partition coefficient (Wildman–Crippen LogP) is 4.66. The van der Waals surface area contributed by atoms with Crippen molar-refractivity contribution in [3.63, 3.8) is 0 Å². The molecule has 0 aliphatic carbocycles. The molecular weight excluding hydrogens is 223 g/mol. The molecule has 0 spiro atoms. The summed E-state index contributed by atoms with van der Waals surface area (Å²) in [6.45, 7) is 14.9. The Hall–Kier alpha value is 0.310. The van der Waals surface area contributed by atoms with E-state index < -0.39 is 8.60 Å². The van der Waals surface area contributed by atoms with Crippen molar-refractivity contribution in [2.75, 3.05) is 6.61 Å². The third kappa shape index (κ3) is 10.8. The van der Waals surface area contributed by atoms with E-state index >= 15 is 0 Å². The van der Waals surface area contributed by atoms with Crippen LogP contribution in [0, 0.1) is 0 Å². The van der Waals surface area contributed by atoms with Crippen molar-refractivity contribution in [3.05, 3.63) is 0 Å². The van der Waals surface area contributed by atoms with Gasteiger partial charge in [0.05, 0.1) is 17.8 Å². The molecule has 98 valence electrons. The van der Waals surface area contributed by atoms with E-state index in [0.29, 0.717) is 6.61 Å². The molecule has 0 saturated carbocycles. The molecule has 0 radical (unpaired) electrons. The van der Waals surface area contributed by atoms with Crippen LogP contribution in [0.25, 0.3) is 0 Å². The number of hydrogen-bond donors (Lipinski definition) is 0. The van der Waals surface area contributed by atoms with E-state index in [0.717, 1.165) is 12.8 Å². The highest BCUT2D eigenvalue weighted by molar-refractivity contribution is 7.41. The first kappa shape index (κ1) is 16.3. The van der Waals surface area contributed by atoms with Gasteiger partial charge < -0.3 is 13.6 Å². The van der Waals surface area contributed by atoms with Crippen molar-refractivity contribution in [2.24, 2.45) is 0 Å². The third-order valence-electron chi connectivity index (χ3n) is 1.39. The Labute approximate surface area is 102 Å². The Morgan fingerprint density at radius 1 is 0.875 bits per heavy atom. The maximum absolute atomic E-state index is 5.78. The molecule has 0 heterocycles. The van der Waals surface area contributed by atoms with Crippen LogP contribution in [-0.4, -0.2) is 17.8 Å². The normalized spacial score (nSPS) is 13.5. The van der Waals surface area contributed by atoms with Gasteiger partial charge >= 0.3 is 8.60 Å². The Bertz CT molecular complexity index is 166. The van der Waals surface area contributed by atoms with Crippen LogP contribution < -0.4 is 0 Å². The monoisotopic (exact) mass is 250 g/mol. The highest BCUT2D eigenvalue weighted by atomic mass is 31.2. The summed E-state index contributed by atoms with van der Waals surface area (Å²) < 4.78 is 17.2. The molecule has 0 N–H and O–H groups in total. The second-order valence-corrected chi connectivity index (χ2v) is 6.89. The minimum Gasteiger partial charge on any atom is -0.312 e. The fraction of sp³-hybridized carbons (Fsp3) is 1.00. The fourth-order valence-electron chi connectivity index (χ4n) is 0.802. The molecule has 0 aliphatic heterocycles. The maximum atomic E-state index is 5.78. The van der Waals surface area contributed by atoms with Gasteiger partial charge in [0.1, 0.15) is 0 Å². The Morgan fingerprint density at radius 2 is 1.31 bits per heavy atom. The zero-order valence-electron chi connectivity index (χ0n) is 11.8. The van der Waals surface area contributed by atoms with Crippen LogP contribution in [0.4, 0.5) is 0 Å². The second kappa shape index (κ2) is 6.90. The molecule has 0 aromatic carbocycles. The number of hydrogen-bond acceptors (Lipinski definition) is 3. The van der Waals surface area contributed by atoms with Crippen LogP contribution in [0.15, 0.2) is 0 Å². The molecule has 0 atom stereocenters. The van der Waals surface area contributed by atoms with Crippen LogP contribution >= 0.6 is 8.60 Å². The molecular formula is C12H27O3P. The Kier molecular flexibility index (Phi) is 7.04. The molecule has 0 bridgehead atoms. The summed E-state index contributed by atoms with van der Waals surface area (Å²) in [6.07, 6.45) is 2.16. The lowest BCUT2D eigenvalue weighted by Crippen LogP contribution is -2.22. The molecule has 16 heavy (non-hydrogen) atoms. The summed E-state index contributed by atoms with van der Waals surface area (Å²) in [4.78, 5) is 0. The minimum absolute atomic E-state index is 0.233. The topological polar surface area (TPSA) is 27.7 Å². The van der Waals surface area contributed by atoms with Gasteiger partial charge in [-0.05, 0) is 48.0 Å². The lowest BCUT2D eigenvalue weighted by molar-refractivity contribution is 0.0327. The summed E-state index contributed by atoms with van der Waals surface area (Å²) in [5.74, 6) is 0. The van der Waals surface area contributed by atoms with Crippen LogP contribution in [0.5, 0.6) is 0 Å². The highest BCUT2D eigenvalue weighted by Gasteiger charge is 2.26. The fourth-order valence-corrected chi connectivity index (χ4v) is 2.12.